The molecular weight excluding hydrogens is 375 g/mol. The molecule has 1 rings (SSSR count). The van der Waals surface area contributed by atoms with Crippen molar-refractivity contribution in [3.63, 3.8) is 0 Å². The standard InChI is InChI=1S/C13H22Cl5N3/c1-5-6-7-21-10(8-11(2,3)4)20(9-19-21)13(17,18)12(14,15)16/h9-10H,5-8H2,1-4H3. The lowest BCUT2D eigenvalue weighted by Crippen LogP contribution is -2.55. The maximum absolute atomic E-state index is 6.32. The molecule has 0 aromatic heterocycles. The van der Waals surface area contributed by atoms with Gasteiger partial charge >= 0.3 is 0 Å². The summed E-state index contributed by atoms with van der Waals surface area (Å²) in [5, 5.41) is 6.35. The fraction of sp³-hybridized carbons (Fsp3) is 0.923. The molecule has 1 unspecified atom stereocenters. The van der Waals surface area contributed by atoms with E-state index >= 15 is 0 Å². The molecule has 8 heteroatoms. The van der Waals surface area contributed by atoms with E-state index in [9.17, 15) is 0 Å². The van der Waals surface area contributed by atoms with Crippen molar-refractivity contribution in [2.75, 3.05) is 6.54 Å². The number of hydrogen-bond donors (Lipinski definition) is 0. The predicted octanol–water partition coefficient (Wildman–Crippen LogP) is 5.61. The summed E-state index contributed by atoms with van der Waals surface area (Å²) in [6.45, 7) is 9.36. The molecule has 1 atom stereocenters. The number of hydrogen-bond acceptors (Lipinski definition) is 3. The summed E-state index contributed by atoms with van der Waals surface area (Å²) in [4.78, 5) is 1.63. The summed E-state index contributed by atoms with van der Waals surface area (Å²) >= 11 is 30.5. The molecule has 0 bridgehead atoms. The van der Waals surface area contributed by atoms with E-state index in [1.165, 1.54) is 0 Å². The maximum atomic E-state index is 6.32. The quantitative estimate of drug-likeness (QED) is 0.443. The number of hydrazone groups is 1. The zero-order chi connectivity index (χ0) is 16.5. The van der Waals surface area contributed by atoms with Gasteiger partial charge in [-0.3, -0.25) is 5.01 Å². The van der Waals surface area contributed by atoms with E-state index < -0.39 is 8.25 Å². The van der Waals surface area contributed by atoms with Crippen LogP contribution in [0, 0.1) is 5.41 Å². The highest BCUT2D eigenvalue weighted by molar-refractivity contribution is 6.75. The first-order valence-corrected chi connectivity index (χ1v) is 8.83. The van der Waals surface area contributed by atoms with Gasteiger partial charge in [0.05, 0.1) is 0 Å². The first-order valence-electron chi connectivity index (χ1n) is 6.94. The first kappa shape index (κ1) is 19.8. The molecule has 1 aliphatic rings. The zero-order valence-electron chi connectivity index (χ0n) is 12.7. The fourth-order valence-electron chi connectivity index (χ4n) is 2.10. The maximum Gasteiger partial charge on any atom is 0.241 e. The number of halogens is 5. The molecule has 0 saturated carbocycles. The van der Waals surface area contributed by atoms with Crippen LogP contribution in [-0.2, 0) is 0 Å². The lowest BCUT2D eigenvalue weighted by molar-refractivity contribution is 0.0733. The average Bonchev–Trinajstić information content (AvgIpc) is 2.66. The van der Waals surface area contributed by atoms with Gasteiger partial charge in [0.15, 0.2) is 0 Å². The van der Waals surface area contributed by atoms with Crippen LogP contribution in [0.2, 0.25) is 0 Å². The van der Waals surface area contributed by atoms with Crippen LogP contribution < -0.4 is 0 Å². The highest BCUT2D eigenvalue weighted by Gasteiger charge is 2.54. The first-order chi connectivity index (χ1) is 9.40. The summed E-state index contributed by atoms with van der Waals surface area (Å²) in [6, 6.07) is 0. The SMILES string of the molecule is CCCCN1N=CN(C(Cl)(Cl)C(Cl)(Cl)Cl)C1CC(C)(C)C. The number of nitrogens with zero attached hydrogens (tertiary/aromatic N) is 3. The second-order valence-corrected chi connectivity index (χ2v) is 10.0. The Morgan fingerprint density at radius 2 is 1.67 bits per heavy atom. The van der Waals surface area contributed by atoms with Crippen LogP contribution in [0.25, 0.3) is 0 Å². The van der Waals surface area contributed by atoms with E-state index in [-0.39, 0.29) is 11.6 Å². The van der Waals surface area contributed by atoms with Crippen LogP contribution in [0.4, 0.5) is 0 Å². The molecule has 0 aromatic carbocycles. The summed E-state index contributed by atoms with van der Waals surface area (Å²) in [5.74, 6) is 0. The van der Waals surface area contributed by atoms with Gasteiger partial charge in [-0.15, -0.1) is 0 Å². The minimum atomic E-state index is -1.85. The Balaban J connectivity index is 3.00. The van der Waals surface area contributed by atoms with Gasteiger partial charge in [-0.1, -0.05) is 92.1 Å². The van der Waals surface area contributed by atoms with E-state index in [0.29, 0.717) is 0 Å². The second kappa shape index (κ2) is 7.09. The molecule has 3 nitrogen and oxygen atoms in total. The van der Waals surface area contributed by atoms with E-state index in [4.69, 9.17) is 58.0 Å². The number of rotatable bonds is 5. The average molecular weight is 398 g/mol. The third kappa shape index (κ3) is 5.10. The van der Waals surface area contributed by atoms with Gasteiger partial charge < -0.3 is 4.90 Å². The summed E-state index contributed by atoms with van der Waals surface area (Å²) in [7, 11) is 0. The molecule has 0 N–H and O–H groups in total. The molecule has 0 fully saturated rings. The Morgan fingerprint density at radius 3 is 2.10 bits per heavy atom. The molecule has 0 spiro atoms. The van der Waals surface area contributed by atoms with Crippen LogP contribution in [0.15, 0.2) is 5.10 Å². The van der Waals surface area contributed by atoms with E-state index in [1.54, 1.807) is 11.2 Å². The molecule has 0 aromatic rings. The van der Waals surface area contributed by atoms with E-state index in [0.717, 1.165) is 25.8 Å². The van der Waals surface area contributed by atoms with E-state index in [1.807, 2.05) is 5.01 Å². The largest absolute Gasteiger partial charge is 0.304 e. The van der Waals surface area contributed by atoms with Crippen molar-refractivity contribution < 1.29 is 0 Å². The molecule has 1 heterocycles. The molecule has 0 radical (unpaired) electrons. The zero-order valence-corrected chi connectivity index (χ0v) is 16.5. The minimum absolute atomic E-state index is 0.0541. The molecule has 124 valence electrons. The van der Waals surface area contributed by atoms with Crippen LogP contribution in [0.1, 0.15) is 47.0 Å². The van der Waals surface area contributed by atoms with Gasteiger partial charge in [0.1, 0.15) is 12.5 Å². The van der Waals surface area contributed by atoms with Gasteiger partial charge in [0.2, 0.25) is 8.25 Å². The van der Waals surface area contributed by atoms with Crippen LogP contribution in [0.3, 0.4) is 0 Å². The molecule has 0 amide bonds. The van der Waals surface area contributed by atoms with Gasteiger partial charge in [-0.2, -0.15) is 5.10 Å². The highest BCUT2D eigenvalue weighted by atomic mass is 35.6. The Kier molecular flexibility index (Phi) is 6.67. The van der Waals surface area contributed by atoms with Gasteiger partial charge in [-0.25, -0.2) is 0 Å². The van der Waals surface area contributed by atoms with Crippen molar-refractivity contribution in [3.8, 4) is 0 Å². The Labute approximate surface area is 152 Å². The van der Waals surface area contributed by atoms with Gasteiger partial charge in [0.25, 0.3) is 0 Å². The van der Waals surface area contributed by atoms with Crippen LogP contribution in [0.5, 0.6) is 0 Å². The fourth-order valence-corrected chi connectivity index (χ4v) is 2.71. The molecule has 0 aliphatic carbocycles. The smallest absolute Gasteiger partial charge is 0.241 e. The van der Waals surface area contributed by atoms with Crippen molar-refractivity contribution in [2.24, 2.45) is 10.5 Å². The van der Waals surface area contributed by atoms with Crippen molar-refractivity contribution in [1.29, 1.82) is 0 Å². The summed E-state index contributed by atoms with van der Waals surface area (Å²) < 4.78 is -3.53. The van der Waals surface area contributed by atoms with Crippen LogP contribution >= 0.6 is 58.0 Å². The summed E-state index contributed by atoms with van der Waals surface area (Å²) in [5.41, 5.74) is 0.0541. The van der Waals surface area contributed by atoms with Crippen molar-refractivity contribution in [2.45, 2.75) is 61.4 Å². The monoisotopic (exact) mass is 395 g/mol. The number of alkyl halides is 5. The lowest BCUT2D eigenvalue weighted by Gasteiger charge is -2.42. The van der Waals surface area contributed by atoms with Gasteiger partial charge in [-0.05, 0) is 18.3 Å². The van der Waals surface area contributed by atoms with Crippen molar-refractivity contribution >= 4 is 64.3 Å². The normalized spacial score (nSPS) is 20.5. The topological polar surface area (TPSA) is 18.8 Å². The van der Waals surface area contributed by atoms with Gasteiger partial charge in [0, 0.05) is 6.54 Å². The molecular formula is C13H22Cl5N3. The minimum Gasteiger partial charge on any atom is -0.304 e. The third-order valence-electron chi connectivity index (χ3n) is 3.19. The molecule has 1 aliphatic heterocycles. The Morgan fingerprint density at radius 1 is 1.10 bits per heavy atom. The second-order valence-electron chi connectivity index (χ2n) is 6.44. The Bertz CT molecular complexity index is 373. The number of unbranched alkanes of at least 4 members (excludes halogenated alkanes) is 1. The lowest BCUT2D eigenvalue weighted by atomic mass is 9.90. The summed E-state index contributed by atoms with van der Waals surface area (Å²) in [6.07, 6.45) is 4.32. The molecule has 21 heavy (non-hydrogen) atoms. The van der Waals surface area contributed by atoms with Crippen LogP contribution in [-0.4, -0.2) is 37.2 Å². The highest BCUT2D eigenvalue weighted by Crippen LogP contribution is 2.50. The van der Waals surface area contributed by atoms with Crippen molar-refractivity contribution in [1.82, 2.24) is 9.91 Å². The van der Waals surface area contributed by atoms with E-state index in [2.05, 4.69) is 32.8 Å². The third-order valence-corrected chi connectivity index (χ3v) is 5.55. The molecule has 0 saturated heterocycles. The predicted molar refractivity (Wildman–Crippen MR) is 94.5 cm³/mol. The Hall–Kier alpha value is 0.720. The van der Waals surface area contributed by atoms with Crippen molar-refractivity contribution in [3.05, 3.63) is 0 Å².